The number of aliphatic hydroxyl groups excluding tert-OH is 1. The van der Waals surface area contributed by atoms with Gasteiger partial charge in [-0.05, 0) is 96.3 Å². The zero-order valence-corrected chi connectivity index (χ0v) is 35.0. The summed E-state index contributed by atoms with van der Waals surface area (Å²) in [5, 5.41) is 12.6. The fourth-order valence-corrected chi connectivity index (χ4v) is 5.64. The van der Waals surface area contributed by atoms with E-state index in [4.69, 9.17) is 13.8 Å². The number of carbonyl (C=O) groups is 2. The van der Waals surface area contributed by atoms with Gasteiger partial charge < -0.3 is 20.1 Å². The van der Waals surface area contributed by atoms with Crippen molar-refractivity contribution in [1.29, 1.82) is 0 Å². The molecule has 0 aliphatic heterocycles. The van der Waals surface area contributed by atoms with Gasteiger partial charge in [0.15, 0.2) is 0 Å². The Labute approximate surface area is 334 Å². The largest absolute Gasteiger partial charge is 0.472 e. The minimum Gasteiger partial charge on any atom is -0.463 e. The van der Waals surface area contributed by atoms with Gasteiger partial charge in [-0.2, -0.15) is 0 Å². The third-order valence-electron chi connectivity index (χ3n) is 8.00. The highest BCUT2D eigenvalue weighted by Crippen LogP contribution is 2.42. The first kappa shape index (κ1) is 51.9. The first-order valence-corrected chi connectivity index (χ1v) is 22.2. The fourth-order valence-electron chi connectivity index (χ4n) is 4.88. The summed E-state index contributed by atoms with van der Waals surface area (Å²) in [6.45, 7) is 3.29. The van der Waals surface area contributed by atoms with E-state index in [-0.39, 0.29) is 32.1 Å². The number of esters is 1. The summed E-state index contributed by atoms with van der Waals surface area (Å²) < 4.78 is 26.8. The van der Waals surface area contributed by atoms with Crippen molar-refractivity contribution in [3.63, 3.8) is 0 Å². The highest BCUT2D eigenvalue weighted by Gasteiger charge is 2.23. The van der Waals surface area contributed by atoms with Gasteiger partial charge in [-0.3, -0.25) is 18.6 Å². The molecule has 0 aliphatic carbocycles. The van der Waals surface area contributed by atoms with Gasteiger partial charge in [0.05, 0.1) is 13.2 Å². The number of phosphoric ester groups is 1. The zero-order valence-electron chi connectivity index (χ0n) is 34.1. The van der Waals surface area contributed by atoms with Crippen LogP contribution < -0.4 is 5.32 Å². The highest BCUT2D eigenvalue weighted by atomic mass is 31.2. The molecule has 9 nitrogen and oxygen atoms in total. The quantitative estimate of drug-likeness (QED) is 0.0245. The maximum atomic E-state index is 12.1. The molecule has 1 amide bonds. The number of allylic oxidation sites excluding steroid dienone is 16. The maximum absolute atomic E-state index is 12.1. The second-order valence-corrected chi connectivity index (χ2v) is 14.7. The smallest absolute Gasteiger partial charge is 0.463 e. The summed E-state index contributed by atoms with van der Waals surface area (Å²) in [5.41, 5.74) is 0. The van der Waals surface area contributed by atoms with Crippen LogP contribution in [-0.2, 0) is 27.9 Å². The van der Waals surface area contributed by atoms with Gasteiger partial charge in [-0.25, -0.2) is 4.57 Å². The number of unbranched alkanes of at least 4 members (excludes halogenated alkanes) is 8. The molecule has 2 unspecified atom stereocenters. The second kappa shape index (κ2) is 40.6. The normalized spacial score (nSPS) is 14.3. The van der Waals surface area contributed by atoms with Gasteiger partial charge in [0, 0.05) is 19.4 Å². The number of hydrogen-bond acceptors (Lipinski definition) is 7. The third kappa shape index (κ3) is 41.9. The van der Waals surface area contributed by atoms with Crippen LogP contribution in [0.25, 0.3) is 0 Å². The highest BCUT2D eigenvalue weighted by molar-refractivity contribution is 7.47. The van der Waals surface area contributed by atoms with Crippen LogP contribution >= 0.6 is 7.82 Å². The summed E-state index contributed by atoms with van der Waals surface area (Å²) >= 11 is 0. The van der Waals surface area contributed by atoms with Crippen LogP contribution in [0.3, 0.4) is 0 Å². The van der Waals surface area contributed by atoms with Crippen molar-refractivity contribution in [3.8, 4) is 0 Å². The van der Waals surface area contributed by atoms with Crippen LogP contribution in [0.15, 0.2) is 97.2 Å². The molecular weight excluding hydrogens is 713 g/mol. The molecule has 0 aliphatic rings. The van der Waals surface area contributed by atoms with Crippen LogP contribution in [0.5, 0.6) is 0 Å². The lowest BCUT2D eigenvalue weighted by atomic mass is 10.1. The summed E-state index contributed by atoms with van der Waals surface area (Å²) in [6.07, 6.45) is 52.0. The first-order chi connectivity index (χ1) is 26.8. The second-order valence-electron chi connectivity index (χ2n) is 13.2. The Balaban J connectivity index is 3.75. The summed E-state index contributed by atoms with van der Waals surface area (Å²) in [6, 6.07) is 0. The van der Waals surface area contributed by atoms with Gasteiger partial charge >= 0.3 is 13.8 Å². The molecule has 0 bridgehead atoms. The molecule has 0 aromatic rings. The molecule has 55 heavy (non-hydrogen) atoms. The predicted octanol–water partition coefficient (Wildman–Crippen LogP) is 11.4. The van der Waals surface area contributed by atoms with Gasteiger partial charge in [0.1, 0.15) is 12.7 Å². The average molecular weight is 788 g/mol. The monoisotopic (exact) mass is 788 g/mol. The average Bonchev–Trinajstić information content (AvgIpc) is 3.17. The van der Waals surface area contributed by atoms with E-state index < -0.39 is 26.5 Å². The zero-order chi connectivity index (χ0) is 40.3. The Morgan fingerprint density at radius 3 is 1.55 bits per heavy atom. The Morgan fingerprint density at radius 1 is 0.582 bits per heavy atom. The molecule has 0 radical (unpaired) electrons. The van der Waals surface area contributed by atoms with Crippen molar-refractivity contribution in [1.82, 2.24) is 5.32 Å². The van der Waals surface area contributed by atoms with Gasteiger partial charge in [0.25, 0.3) is 0 Å². The number of phosphoric acid groups is 1. The van der Waals surface area contributed by atoms with E-state index in [9.17, 15) is 24.2 Å². The number of carbonyl (C=O) groups excluding carboxylic acids is 2. The van der Waals surface area contributed by atoms with E-state index in [1.807, 2.05) is 0 Å². The number of nitrogens with one attached hydrogen (secondary N) is 1. The molecule has 3 N–H and O–H groups in total. The van der Waals surface area contributed by atoms with Crippen LogP contribution in [0.4, 0.5) is 0 Å². The molecule has 0 saturated carbocycles. The van der Waals surface area contributed by atoms with E-state index >= 15 is 0 Å². The molecule has 0 fully saturated rings. The van der Waals surface area contributed by atoms with Crippen LogP contribution in [0.1, 0.15) is 142 Å². The molecule has 0 spiro atoms. The van der Waals surface area contributed by atoms with E-state index in [1.165, 1.54) is 25.7 Å². The van der Waals surface area contributed by atoms with Crippen LogP contribution in [-0.4, -0.2) is 54.3 Å². The van der Waals surface area contributed by atoms with E-state index in [2.05, 4.69) is 116 Å². The topological polar surface area (TPSA) is 131 Å². The Morgan fingerprint density at radius 2 is 1.04 bits per heavy atom. The van der Waals surface area contributed by atoms with Crippen LogP contribution in [0, 0.1) is 0 Å². The van der Waals surface area contributed by atoms with Crippen LogP contribution in [0.2, 0.25) is 0 Å². The molecule has 0 aromatic carbocycles. The van der Waals surface area contributed by atoms with E-state index in [0.717, 1.165) is 83.5 Å². The molecule has 0 aromatic heterocycles. The van der Waals surface area contributed by atoms with Crippen molar-refractivity contribution in [2.45, 2.75) is 148 Å². The van der Waals surface area contributed by atoms with Crippen molar-refractivity contribution in [3.05, 3.63) is 97.2 Å². The minimum atomic E-state index is -4.44. The van der Waals surface area contributed by atoms with E-state index in [0.29, 0.717) is 12.8 Å². The van der Waals surface area contributed by atoms with Crippen molar-refractivity contribution in [2.75, 3.05) is 26.4 Å². The lowest BCUT2D eigenvalue weighted by Gasteiger charge is -2.15. The SMILES string of the molecule is CC/C=C\C/C=C\C/C=C\C/C=C\CCCCC(=O)NCCOP(=O)(O)OCC(O)COC(=O)CCCCC/C=C\C/C=C\C/C=C\C/C=C\CCCCC. The number of hydrogen-bond donors (Lipinski definition) is 3. The van der Waals surface area contributed by atoms with Gasteiger partial charge in [0.2, 0.25) is 5.91 Å². The fraction of sp³-hybridized carbons (Fsp3) is 0.600. The summed E-state index contributed by atoms with van der Waals surface area (Å²) in [7, 11) is -4.44. The maximum Gasteiger partial charge on any atom is 0.472 e. The summed E-state index contributed by atoms with van der Waals surface area (Å²) in [4.78, 5) is 33.8. The Hall–Kier alpha value is -3.07. The lowest BCUT2D eigenvalue weighted by Crippen LogP contribution is -2.27. The van der Waals surface area contributed by atoms with Gasteiger partial charge in [-0.1, -0.05) is 130 Å². The lowest BCUT2D eigenvalue weighted by molar-refractivity contribution is -0.147. The standard InChI is InChI=1S/C45H74NO8P/c1-3-5-7-9-11-13-15-17-19-20-21-22-24-26-28-30-32-34-36-38-45(49)52-41-43(47)42-54-55(50,51)53-40-39-46-44(48)37-35-33-31-29-27-25-23-18-16-14-12-10-8-6-4-2/h6,8,11-14,17-19,21-23,26-29,43,47H,3-5,7,9-10,15-16,20,24-25,30-42H2,1-2H3,(H,46,48)(H,50,51)/b8-6-,13-11-,14-12-,19-17-,22-21-,23-18-,28-26-,29-27-. The Bertz CT molecular complexity index is 1220. The molecule has 0 heterocycles. The third-order valence-corrected chi connectivity index (χ3v) is 8.98. The molecule has 2 atom stereocenters. The Kier molecular flexibility index (Phi) is 38.3. The first-order valence-electron chi connectivity index (χ1n) is 20.7. The molecule has 0 saturated heterocycles. The molecule has 312 valence electrons. The number of aliphatic hydroxyl groups is 1. The van der Waals surface area contributed by atoms with Crippen molar-refractivity contribution >= 4 is 19.7 Å². The number of amides is 1. The van der Waals surface area contributed by atoms with Gasteiger partial charge in [-0.15, -0.1) is 0 Å². The molecule has 10 heteroatoms. The molecule has 0 rings (SSSR count). The molecular formula is C45H74NO8P. The van der Waals surface area contributed by atoms with E-state index in [1.54, 1.807) is 0 Å². The minimum absolute atomic E-state index is 0.0489. The van der Waals surface area contributed by atoms with Crippen molar-refractivity contribution in [2.24, 2.45) is 0 Å². The number of rotatable bonds is 37. The number of ether oxygens (including phenoxy) is 1. The van der Waals surface area contributed by atoms with Crippen molar-refractivity contribution < 1.29 is 37.9 Å². The predicted molar refractivity (Wildman–Crippen MR) is 229 cm³/mol. The summed E-state index contributed by atoms with van der Waals surface area (Å²) in [5.74, 6) is -0.600.